The fraction of sp³-hybridized carbons (Fsp3) is 0.286. The van der Waals surface area contributed by atoms with Crippen LogP contribution < -0.4 is 25.3 Å². The minimum atomic E-state index is -0.303. The van der Waals surface area contributed by atoms with Gasteiger partial charge in [0.1, 0.15) is 23.7 Å². The summed E-state index contributed by atoms with van der Waals surface area (Å²) >= 11 is 0. The number of methoxy groups -OCH3 is 1. The number of anilines is 5. The first kappa shape index (κ1) is 31.0. The number of nitrogens with one attached hydrogen (secondary N) is 2. The highest BCUT2D eigenvalue weighted by Gasteiger charge is 2.30. The number of hydrogen-bond donors (Lipinski definition) is 2. The smallest absolute Gasteiger partial charge is 0.247 e. The van der Waals surface area contributed by atoms with Crippen LogP contribution in [-0.2, 0) is 9.63 Å². The van der Waals surface area contributed by atoms with Crippen LogP contribution in [0.4, 0.5) is 33.1 Å². The van der Waals surface area contributed by atoms with Crippen LogP contribution >= 0.6 is 0 Å². The third-order valence-electron chi connectivity index (χ3n) is 8.54. The zero-order valence-corrected chi connectivity index (χ0v) is 26.2. The summed E-state index contributed by atoms with van der Waals surface area (Å²) in [5, 5.41) is 8.12. The minimum Gasteiger partial charge on any atom is -0.494 e. The summed E-state index contributed by atoms with van der Waals surface area (Å²) in [4.78, 5) is 32.1. The van der Waals surface area contributed by atoms with Crippen LogP contribution in [0.3, 0.4) is 0 Å². The predicted molar refractivity (Wildman–Crippen MR) is 179 cm³/mol. The Bertz CT molecular complexity index is 1730. The SMILES string of the molecule is C=CC(=O)Nc1cc(Nc2cc(N3OCC[C@@H]3c3cccc(-c4cccc(F)c4)c3)ncn2)c(OC)cc1N1CCN(C)[C@@H](C)C1. The minimum absolute atomic E-state index is 0.100. The lowest BCUT2D eigenvalue weighted by atomic mass is 9.98. The summed E-state index contributed by atoms with van der Waals surface area (Å²) in [6.45, 7) is 8.85. The fourth-order valence-electron chi connectivity index (χ4n) is 5.91. The van der Waals surface area contributed by atoms with Gasteiger partial charge in [0.2, 0.25) is 5.91 Å². The molecule has 0 radical (unpaired) electrons. The fourth-order valence-corrected chi connectivity index (χ4v) is 5.91. The molecule has 1 aromatic heterocycles. The number of aromatic nitrogens is 2. The van der Waals surface area contributed by atoms with E-state index in [-0.39, 0.29) is 17.8 Å². The van der Waals surface area contributed by atoms with Gasteiger partial charge in [0.05, 0.1) is 36.8 Å². The van der Waals surface area contributed by atoms with Crippen molar-refractivity contribution in [2.75, 3.05) is 61.0 Å². The Morgan fingerprint density at radius 3 is 2.63 bits per heavy atom. The molecule has 2 aliphatic heterocycles. The van der Waals surface area contributed by atoms with Gasteiger partial charge in [0.25, 0.3) is 0 Å². The molecule has 0 bridgehead atoms. The molecule has 3 aromatic carbocycles. The van der Waals surface area contributed by atoms with Gasteiger partial charge in [-0.15, -0.1) is 0 Å². The number of nitrogens with zero attached hydrogens (tertiary/aromatic N) is 5. The van der Waals surface area contributed by atoms with Gasteiger partial charge in [-0.1, -0.05) is 36.9 Å². The Balaban J connectivity index is 1.28. The van der Waals surface area contributed by atoms with Crippen LogP contribution in [0.1, 0.15) is 24.9 Å². The maximum absolute atomic E-state index is 13.9. The summed E-state index contributed by atoms with van der Waals surface area (Å²) < 4.78 is 19.7. The van der Waals surface area contributed by atoms with Gasteiger partial charge in [-0.05, 0) is 61.0 Å². The molecule has 11 heteroatoms. The van der Waals surface area contributed by atoms with Gasteiger partial charge < -0.3 is 25.2 Å². The third kappa shape index (κ3) is 6.65. The number of carbonyl (C=O) groups excluding carboxylic acids is 1. The molecule has 0 saturated carbocycles. The highest BCUT2D eigenvalue weighted by molar-refractivity contribution is 6.02. The van der Waals surface area contributed by atoms with Crippen LogP contribution in [-0.4, -0.2) is 67.2 Å². The van der Waals surface area contributed by atoms with Crippen molar-refractivity contribution in [2.24, 2.45) is 0 Å². The van der Waals surface area contributed by atoms with E-state index in [2.05, 4.69) is 57.0 Å². The molecule has 2 fully saturated rings. The van der Waals surface area contributed by atoms with Crippen molar-refractivity contribution >= 4 is 34.6 Å². The number of carbonyl (C=O) groups is 1. The molecule has 10 nitrogen and oxygen atoms in total. The molecule has 2 saturated heterocycles. The second-order valence-corrected chi connectivity index (χ2v) is 11.5. The van der Waals surface area contributed by atoms with E-state index in [0.717, 1.165) is 48.4 Å². The van der Waals surface area contributed by atoms with E-state index in [1.54, 1.807) is 18.2 Å². The molecule has 0 aliphatic carbocycles. The Kier molecular flexibility index (Phi) is 9.13. The number of rotatable bonds is 9. The molecule has 6 rings (SSSR count). The van der Waals surface area contributed by atoms with Crippen molar-refractivity contribution in [2.45, 2.75) is 25.4 Å². The first-order chi connectivity index (χ1) is 22.3. The molecule has 2 aliphatic rings. The molecule has 2 N–H and O–H groups in total. The lowest BCUT2D eigenvalue weighted by Crippen LogP contribution is -2.50. The van der Waals surface area contributed by atoms with Gasteiger partial charge in [0, 0.05) is 44.2 Å². The standard InChI is InChI=1S/C35H38FN7O3/c1-5-35(44)40-28-18-29(32(45-4)19-31(28)42-14-13-41(3)23(2)21-42)39-33-20-34(38-22-37-33)43-30(12-15-46-43)26-10-6-8-24(16-26)25-9-7-11-27(36)17-25/h5-11,16-20,22-23,30H,1,12-15,21H2,2-4H3,(H,40,44)(H,37,38,39)/t23-,30+/m0/s1. The quantitative estimate of drug-likeness (QED) is 0.212. The topological polar surface area (TPSA) is 95.1 Å². The highest BCUT2D eigenvalue weighted by atomic mass is 19.1. The van der Waals surface area contributed by atoms with E-state index < -0.39 is 0 Å². The van der Waals surface area contributed by atoms with Gasteiger partial charge in [-0.25, -0.2) is 19.4 Å². The monoisotopic (exact) mass is 623 g/mol. The zero-order chi connectivity index (χ0) is 32.2. The molecule has 2 atom stereocenters. The van der Waals surface area contributed by atoms with E-state index in [0.29, 0.717) is 41.4 Å². The maximum Gasteiger partial charge on any atom is 0.247 e. The first-order valence-corrected chi connectivity index (χ1v) is 15.3. The van der Waals surface area contributed by atoms with Crippen LogP contribution in [0.15, 0.2) is 85.7 Å². The van der Waals surface area contributed by atoms with Crippen molar-refractivity contribution in [3.8, 4) is 16.9 Å². The number of hydroxylamine groups is 1. The number of hydrogen-bond acceptors (Lipinski definition) is 9. The van der Waals surface area contributed by atoms with Gasteiger partial charge >= 0.3 is 0 Å². The maximum atomic E-state index is 13.9. The molecule has 3 heterocycles. The molecule has 46 heavy (non-hydrogen) atoms. The van der Waals surface area contributed by atoms with Crippen molar-refractivity contribution in [3.63, 3.8) is 0 Å². The summed E-state index contributed by atoms with van der Waals surface area (Å²) in [5.74, 6) is 1.13. The number of piperazine rings is 1. The van der Waals surface area contributed by atoms with Crippen LogP contribution in [0.5, 0.6) is 5.75 Å². The molecule has 0 spiro atoms. The predicted octanol–water partition coefficient (Wildman–Crippen LogP) is 6.18. The second kappa shape index (κ2) is 13.6. The highest BCUT2D eigenvalue weighted by Crippen LogP contribution is 2.40. The second-order valence-electron chi connectivity index (χ2n) is 11.5. The Labute approximate surface area is 268 Å². The lowest BCUT2D eigenvalue weighted by molar-refractivity contribution is -0.111. The Hall–Kier alpha value is -5.00. The van der Waals surface area contributed by atoms with Crippen molar-refractivity contribution in [1.82, 2.24) is 14.9 Å². The molecule has 0 unspecified atom stereocenters. The van der Waals surface area contributed by atoms with Crippen LogP contribution in [0.2, 0.25) is 0 Å². The number of halogens is 1. The van der Waals surface area contributed by atoms with Gasteiger partial charge in [0.15, 0.2) is 5.82 Å². The van der Waals surface area contributed by atoms with E-state index >= 15 is 0 Å². The Morgan fingerprint density at radius 1 is 1.07 bits per heavy atom. The summed E-state index contributed by atoms with van der Waals surface area (Å²) in [6.07, 6.45) is 3.49. The summed E-state index contributed by atoms with van der Waals surface area (Å²) in [7, 11) is 3.73. The Morgan fingerprint density at radius 2 is 1.87 bits per heavy atom. The molecular formula is C35H38FN7O3. The molecule has 1 amide bonds. The van der Waals surface area contributed by atoms with Crippen molar-refractivity contribution in [1.29, 1.82) is 0 Å². The zero-order valence-electron chi connectivity index (χ0n) is 26.2. The summed E-state index contributed by atoms with van der Waals surface area (Å²) in [5.41, 5.74) is 4.90. The molecular weight excluding hydrogens is 585 g/mol. The van der Waals surface area contributed by atoms with E-state index in [1.807, 2.05) is 42.5 Å². The van der Waals surface area contributed by atoms with E-state index in [9.17, 15) is 9.18 Å². The average molecular weight is 624 g/mol. The van der Waals surface area contributed by atoms with E-state index in [4.69, 9.17) is 9.57 Å². The normalized spacial score (nSPS) is 18.3. The number of likely N-dealkylation sites (N-methyl/N-ethyl adjacent to an activating group) is 1. The average Bonchev–Trinajstić information content (AvgIpc) is 3.57. The molecule has 4 aromatic rings. The first-order valence-electron chi connectivity index (χ1n) is 15.3. The van der Waals surface area contributed by atoms with Crippen molar-refractivity contribution < 1.29 is 18.8 Å². The van der Waals surface area contributed by atoms with E-state index in [1.165, 1.54) is 24.5 Å². The third-order valence-corrected chi connectivity index (χ3v) is 8.54. The van der Waals surface area contributed by atoms with Crippen LogP contribution in [0.25, 0.3) is 11.1 Å². The lowest BCUT2D eigenvalue weighted by Gasteiger charge is -2.40. The van der Waals surface area contributed by atoms with Gasteiger partial charge in [-0.3, -0.25) is 9.63 Å². The number of ether oxygens (including phenoxy) is 1. The van der Waals surface area contributed by atoms with Crippen LogP contribution in [0, 0.1) is 5.82 Å². The number of benzene rings is 3. The van der Waals surface area contributed by atoms with Crippen molar-refractivity contribution in [3.05, 3.63) is 97.1 Å². The largest absolute Gasteiger partial charge is 0.494 e. The van der Waals surface area contributed by atoms with Gasteiger partial charge in [-0.2, -0.15) is 0 Å². The number of amides is 1. The molecule has 238 valence electrons. The summed E-state index contributed by atoms with van der Waals surface area (Å²) in [6, 6.07) is 20.5.